The molecule has 0 amide bonds. The second kappa shape index (κ2) is 8.39. The lowest BCUT2D eigenvalue weighted by Crippen LogP contribution is -2.29. The minimum Gasteiger partial charge on any atom is -0.494 e. The molecule has 0 aliphatic rings. The van der Waals surface area contributed by atoms with Crippen LogP contribution in [0.4, 0.5) is 0 Å². The van der Waals surface area contributed by atoms with Gasteiger partial charge in [-0.2, -0.15) is 11.8 Å². The van der Waals surface area contributed by atoms with Gasteiger partial charge in [0.05, 0.1) is 12.6 Å². The molecular formula is C13H22N2OS. The van der Waals surface area contributed by atoms with Crippen LogP contribution in [0.25, 0.3) is 0 Å². The highest BCUT2D eigenvalue weighted by molar-refractivity contribution is 7.99. The van der Waals surface area contributed by atoms with Gasteiger partial charge in [-0.05, 0) is 36.8 Å². The van der Waals surface area contributed by atoms with Crippen molar-refractivity contribution in [1.29, 1.82) is 0 Å². The first-order valence-electron chi connectivity index (χ1n) is 6.08. The number of ether oxygens (including phenoxy) is 1. The minimum atomic E-state index is 0.187. The predicted molar refractivity (Wildman–Crippen MR) is 75.3 cm³/mol. The van der Waals surface area contributed by atoms with Gasteiger partial charge in [-0.15, -0.1) is 0 Å². The number of thioether (sulfide) groups is 1. The molecule has 96 valence electrons. The summed E-state index contributed by atoms with van der Waals surface area (Å²) in [6, 6.07) is 8.31. The van der Waals surface area contributed by atoms with Gasteiger partial charge >= 0.3 is 0 Å². The quantitative estimate of drug-likeness (QED) is 0.425. The van der Waals surface area contributed by atoms with Crippen molar-refractivity contribution in [2.24, 2.45) is 5.84 Å². The van der Waals surface area contributed by atoms with Gasteiger partial charge in [-0.1, -0.05) is 19.1 Å². The van der Waals surface area contributed by atoms with Gasteiger partial charge in [-0.25, -0.2) is 0 Å². The number of hydrogen-bond acceptors (Lipinski definition) is 4. The van der Waals surface area contributed by atoms with E-state index in [0.29, 0.717) is 6.61 Å². The smallest absolute Gasteiger partial charge is 0.119 e. The van der Waals surface area contributed by atoms with E-state index >= 15 is 0 Å². The topological polar surface area (TPSA) is 47.3 Å². The summed E-state index contributed by atoms with van der Waals surface area (Å²) in [5, 5.41) is 0. The van der Waals surface area contributed by atoms with Crippen LogP contribution in [-0.4, -0.2) is 18.1 Å². The fourth-order valence-electron chi connectivity index (χ4n) is 1.57. The summed E-state index contributed by atoms with van der Waals surface area (Å²) in [5.74, 6) is 8.67. The van der Waals surface area contributed by atoms with E-state index in [4.69, 9.17) is 10.6 Å². The van der Waals surface area contributed by atoms with Crippen LogP contribution >= 0.6 is 11.8 Å². The maximum absolute atomic E-state index is 5.61. The number of nitrogens with two attached hydrogens (primary N) is 1. The van der Waals surface area contributed by atoms with E-state index in [9.17, 15) is 0 Å². The highest BCUT2D eigenvalue weighted by atomic mass is 32.2. The van der Waals surface area contributed by atoms with E-state index in [1.54, 1.807) is 0 Å². The van der Waals surface area contributed by atoms with Crippen molar-refractivity contribution < 1.29 is 4.74 Å². The summed E-state index contributed by atoms with van der Waals surface area (Å²) >= 11 is 1.92. The van der Waals surface area contributed by atoms with Crippen molar-refractivity contribution in [3.63, 3.8) is 0 Å². The lowest BCUT2D eigenvalue weighted by molar-refractivity contribution is 0.339. The Morgan fingerprint density at radius 3 is 2.88 bits per heavy atom. The molecule has 0 aromatic heterocycles. The first kappa shape index (κ1) is 14.4. The Morgan fingerprint density at radius 2 is 2.24 bits per heavy atom. The van der Waals surface area contributed by atoms with Crippen LogP contribution in [0.2, 0.25) is 0 Å². The summed E-state index contributed by atoms with van der Waals surface area (Å²) in [4.78, 5) is 0. The number of hydrogen-bond donors (Lipinski definition) is 2. The molecule has 1 atom stereocenters. The van der Waals surface area contributed by atoms with Crippen LogP contribution < -0.4 is 16.0 Å². The SMILES string of the molecule is CCCSCC(NN)c1cccc(OCC)c1. The number of rotatable bonds is 8. The Kier molecular flexibility index (Phi) is 7.08. The molecule has 1 unspecified atom stereocenters. The minimum absolute atomic E-state index is 0.187. The molecule has 1 aromatic rings. The normalized spacial score (nSPS) is 12.4. The molecular weight excluding hydrogens is 232 g/mol. The second-order valence-corrected chi connectivity index (χ2v) is 4.95. The Morgan fingerprint density at radius 1 is 1.41 bits per heavy atom. The zero-order valence-corrected chi connectivity index (χ0v) is 11.4. The van der Waals surface area contributed by atoms with Crippen molar-refractivity contribution >= 4 is 11.8 Å². The Bertz CT molecular complexity index is 320. The molecule has 0 saturated heterocycles. The van der Waals surface area contributed by atoms with E-state index in [2.05, 4.69) is 24.5 Å². The average Bonchev–Trinajstić information content (AvgIpc) is 2.35. The van der Waals surface area contributed by atoms with Crippen LogP contribution in [0.1, 0.15) is 31.9 Å². The average molecular weight is 254 g/mol. The summed E-state index contributed by atoms with van der Waals surface area (Å²) in [6.07, 6.45) is 1.20. The molecule has 0 heterocycles. The van der Waals surface area contributed by atoms with Gasteiger partial charge in [0.15, 0.2) is 0 Å². The van der Waals surface area contributed by atoms with E-state index in [-0.39, 0.29) is 6.04 Å². The highest BCUT2D eigenvalue weighted by Crippen LogP contribution is 2.22. The van der Waals surface area contributed by atoms with Crippen molar-refractivity contribution in [3.05, 3.63) is 29.8 Å². The first-order chi connectivity index (χ1) is 8.31. The van der Waals surface area contributed by atoms with Gasteiger partial charge in [0.1, 0.15) is 5.75 Å². The summed E-state index contributed by atoms with van der Waals surface area (Å²) < 4.78 is 5.49. The van der Waals surface area contributed by atoms with Crippen LogP contribution in [0.5, 0.6) is 5.75 Å². The maximum Gasteiger partial charge on any atom is 0.119 e. The molecule has 1 rings (SSSR count). The first-order valence-corrected chi connectivity index (χ1v) is 7.23. The van der Waals surface area contributed by atoms with Crippen LogP contribution in [0, 0.1) is 0 Å². The number of benzene rings is 1. The summed E-state index contributed by atoms with van der Waals surface area (Å²) in [5.41, 5.74) is 4.05. The van der Waals surface area contributed by atoms with E-state index in [1.807, 2.05) is 30.8 Å². The molecule has 0 saturated carbocycles. The van der Waals surface area contributed by atoms with Crippen molar-refractivity contribution in [1.82, 2.24) is 5.43 Å². The zero-order chi connectivity index (χ0) is 12.5. The van der Waals surface area contributed by atoms with Gasteiger partial charge < -0.3 is 4.74 Å². The Labute approximate surface area is 108 Å². The molecule has 4 heteroatoms. The van der Waals surface area contributed by atoms with Crippen molar-refractivity contribution in [2.45, 2.75) is 26.3 Å². The van der Waals surface area contributed by atoms with Crippen molar-refractivity contribution in [3.8, 4) is 5.75 Å². The molecule has 0 spiro atoms. The standard InChI is InChI=1S/C13H22N2OS/c1-3-8-17-10-13(15-14)11-6-5-7-12(9-11)16-4-2/h5-7,9,13,15H,3-4,8,10,14H2,1-2H3. The van der Waals surface area contributed by atoms with E-state index in [0.717, 1.165) is 11.5 Å². The maximum atomic E-state index is 5.61. The molecule has 17 heavy (non-hydrogen) atoms. The van der Waals surface area contributed by atoms with Crippen LogP contribution in [0.15, 0.2) is 24.3 Å². The molecule has 1 aromatic carbocycles. The lowest BCUT2D eigenvalue weighted by Gasteiger charge is -2.16. The number of hydrazine groups is 1. The zero-order valence-electron chi connectivity index (χ0n) is 10.6. The monoisotopic (exact) mass is 254 g/mol. The molecule has 0 radical (unpaired) electrons. The van der Waals surface area contributed by atoms with Gasteiger partial charge in [0.25, 0.3) is 0 Å². The second-order valence-electron chi connectivity index (χ2n) is 3.80. The third-order valence-electron chi connectivity index (χ3n) is 2.41. The highest BCUT2D eigenvalue weighted by Gasteiger charge is 2.10. The van der Waals surface area contributed by atoms with Gasteiger partial charge in [0.2, 0.25) is 0 Å². The van der Waals surface area contributed by atoms with Gasteiger partial charge in [-0.3, -0.25) is 11.3 Å². The predicted octanol–water partition coefficient (Wildman–Crippen LogP) is 2.73. The molecule has 3 N–H and O–H groups in total. The van der Waals surface area contributed by atoms with Crippen LogP contribution in [-0.2, 0) is 0 Å². The largest absolute Gasteiger partial charge is 0.494 e. The third-order valence-corrected chi connectivity index (χ3v) is 3.67. The van der Waals surface area contributed by atoms with Crippen LogP contribution in [0.3, 0.4) is 0 Å². The third kappa shape index (κ3) is 4.98. The number of nitrogens with one attached hydrogen (secondary N) is 1. The lowest BCUT2D eigenvalue weighted by atomic mass is 10.1. The molecule has 0 aliphatic carbocycles. The van der Waals surface area contributed by atoms with Gasteiger partial charge in [0, 0.05) is 5.75 Å². The Hall–Kier alpha value is -0.710. The fraction of sp³-hybridized carbons (Fsp3) is 0.538. The summed E-state index contributed by atoms with van der Waals surface area (Å²) in [6.45, 7) is 4.87. The van der Waals surface area contributed by atoms with E-state index < -0.39 is 0 Å². The van der Waals surface area contributed by atoms with Crippen molar-refractivity contribution in [2.75, 3.05) is 18.1 Å². The fourth-order valence-corrected chi connectivity index (χ4v) is 2.55. The molecule has 0 fully saturated rings. The molecule has 0 aliphatic heterocycles. The molecule has 0 bridgehead atoms. The Balaban J connectivity index is 2.63. The molecule has 3 nitrogen and oxygen atoms in total. The van der Waals surface area contributed by atoms with E-state index in [1.165, 1.54) is 17.7 Å². The summed E-state index contributed by atoms with van der Waals surface area (Å²) in [7, 11) is 0.